The van der Waals surface area contributed by atoms with Crippen LogP contribution in [0.3, 0.4) is 0 Å². The third kappa shape index (κ3) is 4.84. The summed E-state index contributed by atoms with van der Waals surface area (Å²) in [7, 11) is 0. The lowest BCUT2D eigenvalue weighted by atomic mass is 9.73. The van der Waals surface area contributed by atoms with Gasteiger partial charge in [0.25, 0.3) is 0 Å². The zero-order valence-corrected chi connectivity index (χ0v) is 18.1. The van der Waals surface area contributed by atoms with Gasteiger partial charge in [-0.2, -0.15) is 4.39 Å². The molecule has 1 saturated carbocycles. The van der Waals surface area contributed by atoms with E-state index in [0.717, 1.165) is 37.9 Å². The Labute approximate surface area is 178 Å². The highest BCUT2D eigenvalue weighted by Crippen LogP contribution is 2.43. The molecule has 0 heterocycles. The molecule has 3 nitrogen and oxygen atoms in total. The molecule has 0 bridgehead atoms. The summed E-state index contributed by atoms with van der Waals surface area (Å²) >= 11 is 0. The molecule has 1 fully saturated rings. The molecule has 1 aliphatic carbocycles. The maximum Gasteiger partial charge on any atom is 0.201 e. The van der Waals surface area contributed by atoms with E-state index in [-0.39, 0.29) is 23.5 Å². The van der Waals surface area contributed by atoms with Crippen molar-refractivity contribution in [1.82, 2.24) is 0 Å². The number of hydrogen-bond donors (Lipinski definition) is 1. The Bertz CT molecular complexity index is 840. The van der Waals surface area contributed by atoms with E-state index >= 15 is 0 Å². The van der Waals surface area contributed by atoms with Crippen molar-refractivity contribution in [1.29, 1.82) is 0 Å². The lowest BCUT2D eigenvalue weighted by Gasteiger charge is -2.42. The highest BCUT2D eigenvalue weighted by atomic mass is 19.2. The molecule has 0 aliphatic heterocycles. The van der Waals surface area contributed by atoms with Gasteiger partial charge in [-0.1, -0.05) is 37.6 Å². The lowest BCUT2D eigenvalue weighted by Crippen LogP contribution is -2.41. The Hall–Kier alpha value is -1.98. The van der Waals surface area contributed by atoms with Crippen molar-refractivity contribution in [3.8, 4) is 16.9 Å². The van der Waals surface area contributed by atoms with Crippen LogP contribution in [0.25, 0.3) is 11.1 Å². The molecule has 0 amide bonds. The third-order valence-corrected chi connectivity index (χ3v) is 6.16. The normalized spacial score (nSPS) is 24.1. The van der Waals surface area contributed by atoms with Gasteiger partial charge < -0.3 is 14.6 Å². The first-order valence-electron chi connectivity index (χ1n) is 10.9. The van der Waals surface area contributed by atoms with Gasteiger partial charge in [0.15, 0.2) is 11.6 Å². The Kier molecular flexibility index (Phi) is 7.14. The van der Waals surface area contributed by atoms with E-state index in [0.29, 0.717) is 18.4 Å². The molecule has 5 heteroatoms. The van der Waals surface area contributed by atoms with Crippen LogP contribution in [0, 0.1) is 11.6 Å². The van der Waals surface area contributed by atoms with Crippen LogP contribution in [-0.2, 0) is 10.3 Å². The van der Waals surface area contributed by atoms with Crippen molar-refractivity contribution in [2.75, 3.05) is 13.2 Å². The Morgan fingerprint density at radius 3 is 2.20 bits per heavy atom. The molecule has 1 aliphatic rings. The summed E-state index contributed by atoms with van der Waals surface area (Å²) in [6.07, 6.45) is 4.94. The van der Waals surface area contributed by atoms with Crippen LogP contribution in [-0.4, -0.2) is 23.9 Å². The van der Waals surface area contributed by atoms with E-state index in [9.17, 15) is 13.9 Å². The van der Waals surface area contributed by atoms with Crippen LogP contribution in [0.2, 0.25) is 0 Å². The van der Waals surface area contributed by atoms with E-state index in [4.69, 9.17) is 9.47 Å². The fourth-order valence-electron chi connectivity index (χ4n) is 4.07. The van der Waals surface area contributed by atoms with E-state index in [1.54, 1.807) is 19.1 Å². The van der Waals surface area contributed by atoms with Gasteiger partial charge in [-0.25, -0.2) is 4.39 Å². The smallest absolute Gasteiger partial charge is 0.201 e. The number of benzene rings is 2. The number of hydrogen-bond acceptors (Lipinski definition) is 3. The Morgan fingerprint density at radius 1 is 0.933 bits per heavy atom. The summed E-state index contributed by atoms with van der Waals surface area (Å²) in [5, 5.41) is 11.2. The van der Waals surface area contributed by atoms with Gasteiger partial charge in [0.2, 0.25) is 5.82 Å². The quantitative estimate of drug-likeness (QED) is 0.507. The van der Waals surface area contributed by atoms with Crippen LogP contribution in [0.1, 0.15) is 64.9 Å². The molecule has 0 unspecified atom stereocenters. The van der Waals surface area contributed by atoms with Gasteiger partial charge in [-0.3, -0.25) is 0 Å². The van der Waals surface area contributed by atoms with Crippen molar-refractivity contribution in [2.45, 2.75) is 70.5 Å². The standard InChI is InChI=1S/C25H32F2O3/c1-4-6-17-30-24(3)13-15-25(28,16-14-24)19-9-7-18(8-10-19)20-11-12-21(29-5-2)23(27)22(20)26/h7-12,28H,4-6,13-17H2,1-3H3. The summed E-state index contributed by atoms with van der Waals surface area (Å²) in [5.74, 6) is -1.99. The molecule has 0 spiro atoms. The topological polar surface area (TPSA) is 38.7 Å². The molecule has 0 saturated heterocycles. The van der Waals surface area contributed by atoms with E-state index in [2.05, 4.69) is 13.8 Å². The number of halogens is 2. The van der Waals surface area contributed by atoms with Gasteiger partial charge in [-0.05, 0) is 69.2 Å². The molecule has 30 heavy (non-hydrogen) atoms. The zero-order chi connectivity index (χ0) is 21.8. The molecular formula is C25H32F2O3. The molecular weight excluding hydrogens is 386 g/mol. The largest absolute Gasteiger partial charge is 0.491 e. The van der Waals surface area contributed by atoms with Gasteiger partial charge in [0.1, 0.15) is 0 Å². The molecule has 3 rings (SSSR count). The van der Waals surface area contributed by atoms with Crippen molar-refractivity contribution >= 4 is 0 Å². The molecule has 2 aromatic rings. The molecule has 0 radical (unpaired) electrons. The van der Waals surface area contributed by atoms with Crippen molar-refractivity contribution < 1.29 is 23.4 Å². The van der Waals surface area contributed by atoms with E-state index < -0.39 is 17.2 Å². The fraction of sp³-hybridized carbons (Fsp3) is 0.520. The minimum atomic E-state index is -0.980. The second-order valence-electron chi connectivity index (χ2n) is 8.43. The molecule has 0 atom stereocenters. The predicted molar refractivity (Wildman–Crippen MR) is 115 cm³/mol. The lowest BCUT2D eigenvalue weighted by molar-refractivity contribution is -0.111. The minimum absolute atomic E-state index is 0.0870. The minimum Gasteiger partial charge on any atom is -0.491 e. The summed E-state index contributed by atoms with van der Waals surface area (Å²) in [5.41, 5.74) is 0.424. The van der Waals surface area contributed by atoms with Crippen LogP contribution < -0.4 is 4.74 Å². The van der Waals surface area contributed by atoms with Crippen molar-refractivity contribution in [3.05, 3.63) is 53.6 Å². The van der Waals surface area contributed by atoms with Gasteiger partial charge in [-0.15, -0.1) is 0 Å². The van der Waals surface area contributed by atoms with Gasteiger partial charge in [0.05, 0.1) is 17.8 Å². The average molecular weight is 419 g/mol. The monoisotopic (exact) mass is 418 g/mol. The second-order valence-corrected chi connectivity index (χ2v) is 8.43. The highest BCUT2D eigenvalue weighted by molar-refractivity contribution is 5.65. The number of unbranched alkanes of at least 4 members (excludes halogenated alkanes) is 1. The fourth-order valence-corrected chi connectivity index (χ4v) is 4.07. The number of aliphatic hydroxyl groups is 1. The molecule has 2 aromatic carbocycles. The van der Waals surface area contributed by atoms with Gasteiger partial charge >= 0.3 is 0 Å². The molecule has 164 valence electrons. The van der Waals surface area contributed by atoms with E-state index in [1.807, 2.05) is 12.1 Å². The van der Waals surface area contributed by atoms with Crippen molar-refractivity contribution in [3.63, 3.8) is 0 Å². The van der Waals surface area contributed by atoms with E-state index in [1.165, 1.54) is 12.1 Å². The molecule has 1 N–H and O–H groups in total. The first-order valence-corrected chi connectivity index (χ1v) is 10.9. The third-order valence-electron chi connectivity index (χ3n) is 6.16. The van der Waals surface area contributed by atoms with Crippen LogP contribution >= 0.6 is 0 Å². The first kappa shape index (κ1) is 22.7. The summed E-state index contributed by atoms with van der Waals surface area (Å²) in [4.78, 5) is 0. The number of ether oxygens (including phenoxy) is 2. The highest BCUT2D eigenvalue weighted by Gasteiger charge is 2.40. The Balaban J connectivity index is 1.73. The summed E-state index contributed by atoms with van der Waals surface area (Å²) < 4.78 is 39.9. The average Bonchev–Trinajstić information content (AvgIpc) is 2.75. The van der Waals surface area contributed by atoms with Gasteiger partial charge in [0, 0.05) is 12.2 Å². The van der Waals surface area contributed by atoms with Crippen LogP contribution in [0.15, 0.2) is 36.4 Å². The zero-order valence-electron chi connectivity index (χ0n) is 18.1. The maximum absolute atomic E-state index is 14.5. The summed E-state index contributed by atoms with van der Waals surface area (Å²) in [6.45, 7) is 7.01. The number of rotatable bonds is 8. The molecule has 0 aromatic heterocycles. The Morgan fingerprint density at radius 2 is 1.60 bits per heavy atom. The van der Waals surface area contributed by atoms with Crippen LogP contribution in [0.5, 0.6) is 5.75 Å². The summed E-state index contributed by atoms with van der Waals surface area (Å²) in [6, 6.07) is 10.0. The van der Waals surface area contributed by atoms with Crippen LogP contribution in [0.4, 0.5) is 8.78 Å². The van der Waals surface area contributed by atoms with Crippen molar-refractivity contribution in [2.24, 2.45) is 0 Å². The maximum atomic E-state index is 14.5. The SMILES string of the molecule is CCCCOC1(C)CCC(O)(c2ccc(-c3ccc(OCC)c(F)c3F)cc2)CC1. The first-order chi connectivity index (χ1) is 14.3. The second kappa shape index (κ2) is 9.44. The predicted octanol–water partition coefficient (Wildman–Crippen LogP) is 6.37.